The lowest BCUT2D eigenvalue weighted by Gasteiger charge is -2.13. The number of benzene rings is 2. The van der Waals surface area contributed by atoms with Crippen molar-refractivity contribution in [2.45, 2.75) is 13.1 Å². The van der Waals surface area contributed by atoms with Crippen molar-refractivity contribution in [2.24, 2.45) is 0 Å². The lowest BCUT2D eigenvalue weighted by molar-refractivity contribution is 0.0952. The summed E-state index contributed by atoms with van der Waals surface area (Å²) in [7, 11) is 0. The van der Waals surface area contributed by atoms with Crippen molar-refractivity contribution in [3.63, 3.8) is 0 Å². The van der Waals surface area contributed by atoms with Crippen LogP contribution < -0.4 is 10.6 Å². The van der Waals surface area contributed by atoms with Crippen LogP contribution in [-0.4, -0.2) is 27.0 Å². The molecule has 0 fully saturated rings. The molecule has 2 aromatic carbocycles. The van der Waals surface area contributed by atoms with Gasteiger partial charge >= 0.3 is 0 Å². The molecule has 10 heteroatoms. The van der Waals surface area contributed by atoms with Crippen LogP contribution in [0.3, 0.4) is 0 Å². The Morgan fingerprint density at radius 1 is 1.14 bits per heavy atom. The number of rotatable bonds is 8. The van der Waals surface area contributed by atoms with Gasteiger partial charge in [-0.1, -0.05) is 54.2 Å². The first-order chi connectivity index (χ1) is 17.5. The van der Waals surface area contributed by atoms with Gasteiger partial charge in [-0.3, -0.25) is 4.79 Å². The summed E-state index contributed by atoms with van der Waals surface area (Å²) in [5, 5.41) is 9.01. The van der Waals surface area contributed by atoms with E-state index in [9.17, 15) is 9.18 Å². The molecule has 0 radical (unpaired) electrons. The minimum Gasteiger partial charge on any atom is -0.377 e. The van der Waals surface area contributed by atoms with Gasteiger partial charge < -0.3 is 20.2 Å². The highest BCUT2D eigenvalue weighted by molar-refractivity contribution is 7.71. The van der Waals surface area contributed by atoms with Crippen molar-refractivity contribution in [1.29, 1.82) is 0 Å². The molecule has 3 aromatic heterocycles. The van der Waals surface area contributed by atoms with Crippen LogP contribution >= 0.6 is 35.2 Å². The third kappa shape index (κ3) is 4.90. The van der Waals surface area contributed by atoms with Crippen LogP contribution in [0.25, 0.3) is 21.6 Å². The number of hydrogen-bond acceptors (Lipinski definition) is 5. The summed E-state index contributed by atoms with van der Waals surface area (Å²) in [6.45, 7) is 1.32. The molecule has 0 aliphatic rings. The molecule has 36 heavy (non-hydrogen) atoms. The molecule has 182 valence electrons. The van der Waals surface area contributed by atoms with Gasteiger partial charge in [-0.05, 0) is 41.3 Å². The molecule has 0 aliphatic carbocycles. The molecule has 0 saturated heterocycles. The largest absolute Gasteiger partial charge is 0.377 e. The van der Waals surface area contributed by atoms with E-state index in [4.69, 9.17) is 23.8 Å². The summed E-state index contributed by atoms with van der Waals surface area (Å²) in [5.74, 6) is -0.673. The van der Waals surface area contributed by atoms with E-state index in [1.54, 1.807) is 6.33 Å². The predicted molar refractivity (Wildman–Crippen MR) is 146 cm³/mol. The number of aromatic nitrogens is 3. The van der Waals surface area contributed by atoms with Gasteiger partial charge in [-0.25, -0.2) is 9.37 Å². The van der Waals surface area contributed by atoms with Crippen LogP contribution in [0.2, 0.25) is 5.02 Å². The number of aromatic amines is 1. The zero-order chi connectivity index (χ0) is 25.1. The van der Waals surface area contributed by atoms with Crippen molar-refractivity contribution in [3.05, 3.63) is 99.0 Å². The lowest BCUT2D eigenvalue weighted by atomic mass is 10.2. The number of hydrogen-bond donors (Lipinski definition) is 3. The highest BCUT2D eigenvalue weighted by Gasteiger charge is 2.23. The molecule has 5 aromatic rings. The number of fused-ring (bicyclic) bond motifs is 1. The molecule has 0 unspecified atom stereocenters. The first-order valence-electron chi connectivity index (χ1n) is 11.2. The van der Waals surface area contributed by atoms with Crippen molar-refractivity contribution < 1.29 is 9.18 Å². The maximum atomic E-state index is 13.2. The summed E-state index contributed by atoms with van der Waals surface area (Å²) < 4.78 is 15.8. The molecule has 0 spiro atoms. The van der Waals surface area contributed by atoms with Crippen molar-refractivity contribution >= 4 is 57.8 Å². The highest BCUT2D eigenvalue weighted by atomic mass is 35.5. The van der Waals surface area contributed by atoms with Gasteiger partial charge in [0.25, 0.3) is 5.91 Å². The Hall–Kier alpha value is -3.53. The average molecular weight is 538 g/mol. The number of carbonyl (C=O) groups is 1. The maximum absolute atomic E-state index is 13.2. The fraction of sp³-hybridized carbons (Fsp3) is 0.115. The Bertz CT molecular complexity index is 1580. The zero-order valence-electron chi connectivity index (χ0n) is 18.9. The molecule has 0 atom stereocenters. The summed E-state index contributed by atoms with van der Waals surface area (Å²) in [6.07, 6.45) is 1.58. The molecular formula is C26H21ClFN5OS2. The van der Waals surface area contributed by atoms with Crippen LogP contribution in [0.15, 0.2) is 72.4 Å². The SMILES string of the molecule is O=C(NCCn1c(-c2sccc2Cl)c(NCc2ccccc2)c2nc[nH]c(=S)c21)c1ccc(F)cc1. The van der Waals surface area contributed by atoms with E-state index in [2.05, 4.69) is 32.7 Å². The molecule has 0 aliphatic heterocycles. The fourth-order valence-corrected chi connectivity index (χ4v) is 5.51. The summed E-state index contributed by atoms with van der Waals surface area (Å²) in [6, 6.07) is 17.4. The van der Waals surface area contributed by atoms with Gasteiger partial charge in [0.15, 0.2) is 0 Å². The summed E-state index contributed by atoms with van der Waals surface area (Å²) >= 11 is 13.8. The number of nitrogens with one attached hydrogen (secondary N) is 3. The summed E-state index contributed by atoms with van der Waals surface area (Å²) in [4.78, 5) is 21.1. The maximum Gasteiger partial charge on any atom is 0.251 e. The van der Waals surface area contributed by atoms with Gasteiger partial charge in [0.1, 0.15) is 21.5 Å². The number of H-pyrrole nitrogens is 1. The molecular weight excluding hydrogens is 517 g/mol. The Kier molecular flexibility index (Phi) is 7.13. The van der Waals surface area contributed by atoms with Crippen molar-refractivity contribution in [3.8, 4) is 10.6 Å². The third-order valence-electron chi connectivity index (χ3n) is 5.71. The van der Waals surface area contributed by atoms with Crippen LogP contribution in [0.1, 0.15) is 15.9 Å². The van der Waals surface area contributed by atoms with Crippen molar-refractivity contribution in [2.75, 3.05) is 11.9 Å². The Morgan fingerprint density at radius 2 is 1.92 bits per heavy atom. The molecule has 0 bridgehead atoms. The molecule has 1 amide bonds. The van der Waals surface area contributed by atoms with E-state index in [1.165, 1.54) is 35.6 Å². The number of thiophene rings is 1. The number of nitrogens with zero attached hydrogens (tertiary/aromatic N) is 2. The van der Waals surface area contributed by atoms with Crippen LogP contribution in [-0.2, 0) is 13.1 Å². The molecule has 0 saturated carbocycles. The molecule has 3 heterocycles. The predicted octanol–water partition coefficient (Wildman–Crippen LogP) is 6.66. The lowest BCUT2D eigenvalue weighted by Crippen LogP contribution is -2.27. The van der Waals surface area contributed by atoms with Gasteiger partial charge in [0.05, 0.1) is 27.6 Å². The smallest absolute Gasteiger partial charge is 0.251 e. The van der Waals surface area contributed by atoms with E-state index < -0.39 is 0 Å². The van der Waals surface area contributed by atoms with E-state index in [1.807, 2.05) is 34.2 Å². The normalized spacial score (nSPS) is 11.1. The minimum absolute atomic E-state index is 0.284. The van der Waals surface area contributed by atoms with Gasteiger partial charge in [0, 0.05) is 25.2 Å². The first kappa shape index (κ1) is 24.2. The van der Waals surface area contributed by atoms with Crippen LogP contribution in [0.5, 0.6) is 0 Å². The average Bonchev–Trinajstić information content (AvgIpc) is 3.44. The van der Waals surface area contributed by atoms with Gasteiger partial charge in [0.2, 0.25) is 0 Å². The molecule has 3 N–H and O–H groups in total. The number of anilines is 1. The van der Waals surface area contributed by atoms with Crippen molar-refractivity contribution in [1.82, 2.24) is 19.9 Å². The monoisotopic (exact) mass is 537 g/mol. The highest BCUT2D eigenvalue weighted by Crippen LogP contribution is 2.43. The second-order valence-corrected chi connectivity index (χ2v) is 9.74. The fourth-order valence-electron chi connectivity index (χ4n) is 4.05. The molecule has 6 nitrogen and oxygen atoms in total. The van der Waals surface area contributed by atoms with E-state index in [0.717, 1.165) is 32.9 Å². The standard InChI is InChI=1S/C26H21ClFN5OS2/c27-19-10-13-36-24(19)22-20(30-14-16-4-2-1-3-5-16)21-23(26(35)32-15-31-21)33(22)12-11-29-25(34)17-6-8-18(28)9-7-17/h1-10,13,15,30H,11-12,14H2,(H,29,34)(H,31,32,35). The number of carbonyl (C=O) groups excluding carboxylic acids is 1. The van der Waals surface area contributed by atoms with E-state index >= 15 is 0 Å². The first-order valence-corrected chi connectivity index (χ1v) is 12.8. The Morgan fingerprint density at radius 3 is 2.64 bits per heavy atom. The Labute approximate surface area is 220 Å². The number of halogens is 2. The van der Waals surface area contributed by atoms with Gasteiger partial charge in [-0.2, -0.15) is 0 Å². The quantitative estimate of drug-likeness (QED) is 0.194. The second kappa shape index (κ2) is 10.6. The van der Waals surface area contributed by atoms with E-state index in [0.29, 0.717) is 34.9 Å². The summed E-state index contributed by atoms with van der Waals surface area (Å²) in [5.41, 5.74) is 4.66. The van der Waals surface area contributed by atoms with E-state index in [-0.39, 0.29) is 11.7 Å². The third-order valence-corrected chi connectivity index (χ3v) is 7.37. The van der Waals surface area contributed by atoms with Crippen LogP contribution in [0.4, 0.5) is 10.1 Å². The zero-order valence-corrected chi connectivity index (χ0v) is 21.3. The topological polar surface area (TPSA) is 74.7 Å². The molecule has 5 rings (SSSR count). The Balaban J connectivity index is 1.52. The number of amides is 1. The second-order valence-electron chi connectivity index (χ2n) is 8.00. The minimum atomic E-state index is -0.389. The van der Waals surface area contributed by atoms with Gasteiger partial charge in [-0.15, -0.1) is 11.3 Å². The van der Waals surface area contributed by atoms with Crippen LogP contribution in [0, 0.1) is 10.5 Å².